The smallest absolute Gasteiger partial charge is 0.225 e. The van der Waals surface area contributed by atoms with Crippen molar-refractivity contribution in [3.8, 4) is 0 Å². The number of aliphatic imine (C=N–C) groups is 1. The highest BCUT2D eigenvalue weighted by atomic mass is 127. The van der Waals surface area contributed by atoms with Crippen LogP contribution in [0.3, 0.4) is 0 Å². The van der Waals surface area contributed by atoms with Crippen LogP contribution in [0.1, 0.15) is 51.4 Å². The van der Waals surface area contributed by atoms with Crippen LogP contribution < -0.4 is 10.6 Å². The molecule has 0 aromatic carbocycles. The Kier molecular flexibility index (Phi) is 9.45. The van der Waals surface area contributed by atoms with Crippen molar-refractivity contribution in [2.75, 3.05) is 46.3 Å². The van der Waals surface area contributed by atoms with Crippen LogP contribution in [0.25, 0.3) is 0 Å². The number of nitrogens with one attached hydrogen (secondary N) is 2. The summed E-state index contributed by atoms with van der Waals surface area (Å²) in [6, 6.07) is 0.325. The second-order valence-electron chi connectivity index (χ2n) is 7.80. The first kappa shape index (κ1) is 21.7. The number of hydrogen-bond acceptors (Lipinski definition) is 3. The van der Waals surface area contributed by atoms with Crippen molar-refractivity contribution < 1.29 is 4.79 Å². The fourth-order valence-electron chi connectivity index (χ4n) is 4.41. The molecule has 1 saturated carbocycles. The van der Waals surface area contributed by atoms with Crippen molar-refractivity contribution in [3.05, 3.63) is 0 Å². The van der Waals surface area contributed by atoms with E-state index < -0.39 is 0 Å². The molecule has 1 aliphatic carbocycles. The number of guanidine groups is 1. The van der Waals surface area contributed by atoms with Crippen molar-refractivity contribution >= 4 is 35.8 Å². The number of carbonyl (C=O) groups is 1. The zero-order valence-electron chi connectivity index (χ0n) is 16.2. The van der Waals surface area contributed by atoms with Gasteiger partial charge in [-0.2, -0.15) is 0 Å². The molecule has 3 aliphatic rings. The Bertz CT molecular complexity index is 461. The lowest BCUT2D eigenvalue weighted by atomic mass is 10.1. The number of hydrogen-bond donors (Lipinski definition) is 2. The molecule has 1 amide bonds. The van der Waals surface area contributed by atoms with E-state index in [1.54, 1.807) is 0 Å². The molecule has 26 heavy (non-hydrogen) atoms. The minimum atomic E-state index is 0. The number of likely N-dealkylation sites (tertiary alicyclic amines) is 2. The summed E-state index contributed by atoms with van der Waals surface area (Å²) < 4.78 is 0. The van der Waals surface area contributed by atoms with Crippen molar-refractivity contribution in [1.29, 1.82) is 0 Å². The highest BCUT2D eigenvalue weighted by molar-refractivity contribution is 14.0. The van der Waals surface area contributed by atoms with Crippen molar-refractivity contribution in [1.82, 2.24) is 20.4 Å². The molecule has 3 fully saturated rings. The van der Waals surface area contributed by atoms with Crippen molar-refractivity contribution in [2.24, 2.45) is 10.9 Å². The van der Waals surface area contributed by atoms with Gasteiger partial charge in [-0.25, -0.2) is 0 Å². The first-order chi connectivity index (χ1) is 12.3. The van der Waals surface area contributed by atoms with Crippen LogP contribution in [-0.2, 0) is 4.79 Å². The Morgan fingerprint density at radius 3 is 2.46 bits per heavy atom. The summed E-state index contributed by atoms with van der Waals surface area (Å²) in [7, 11) is 1.83. The van der Waals surface area contributed by atoms with Gasteiger partial charge in [-0.05, 0) is 45.2 Å². The number of nitrogens with zero attached hydrogens (tertiary/aromatic N) is 3. The van der Waals surface area contributed by atoms with Gasteiger partial charge in [0.1, 0.15) is 0 Å². The molecule has 2 saturated heterocycles. The Balaban J connectivity index is 0.00000243. The van der Waals surface area contributed by atoms with Gasteiger partial charge in [0.15, 0.2) is 5.96 Å². The monoisotopic (exact) mass is 477 g/mol. The second kappa shape index (κ2) is 11.3. The van der Waals surface area contributed by atoms with E-state index in [1.807, 2.05) is 7.05 Å². The minimum absolute atomic E-state index is 0. The molecular formula is C19H36IN5O. The standard InChI is InChI=1S/C19H35N5O.HI/c1-20-19(21-10-14-23-11-5-2-6-12-23)22-17-9-13-24(15-17)18(25)16-7-3-4-8-16;/h16-17H,2-15H2,1H3,(H2,20,21,22);1H. The van der Waals surface area contributed by atoms with E-state index in [9.17, 15) is 4.79 Å². The van der Waals surface area contributed by atoms with Gasteiger partial charge >= 0.3 is 0 Å². The van der Waals surface area contributed by atoms with E-state index >= 15 is 0 Å². The third kappa shape index (κ3) is 6.25. The molecule has 3 rings (SSSR count). The number of piperidine rings is 1. The lowest BCUT2D eigenvalue weighted by Crippen LogP contribution is -2.47. The topological polar surface area (TPSA) is 60.0 Å². The van der Waals surface area contributed by atoms with E-state index in [4.69, 9.17) is 0 Å². The molecule has 1 atom stereocenters. The Labute approximate surface area is 175 Å². The van der Waals surface area contributed by atoms with Crippen molar-refractivity contribution in [2.45, 2.75) is 57.4 Å². The molecular weight excluding hydrogens is 441 g/mol. The van der Waals surface area contributed by atoms with Crippen LogP contribution in [-0.4, -0.2) is 74.0 Å². The number of carbonyl (C=O) groups excluding carboxylic acids is 1. The zero-order valence-corrected chi connectivity index (χ0v) is 18.5. The van der Waals surface area contributed by atoms with Crippen LogP contribution in [0.2, 0.25) is 0 Å². The predicted molar refractivity (Wildman–Crippen MR) is 117 cm³/mol. The average Bonchev–Trinajstić information content (AvgIpc) is 3.33. The second-order valence-corrected chi connectivity index (χ2v) is 7.80. The summed E-state index contributed by atoms with van der Waals surface area (Å²) in [6.45, 7) is 6.18. The maximum Gasteiger partial charge on any atom is 0.225 e. The van der Waals surface area contributed by atoms with Gasteiger partial charge in [-0.15, -0.1) is 24.0 Å². The van der Waals surface area contributed by atoms with E-state index in [-0.39, 0.29) is 24.0 Å². The lowest BCUT2D eigenvalue weighted by molar-refractivity contribution is -0.134. The summed E-state index contributed by atoms with van der Waals surface area (Å²) in [5.41, 5.74) is 0. The Morgan fingerprint density at radius 2 is 1.77 bits per heavy atom. The fraction of sp³-hybridized carbons (Fsp3) is 0.895. The van der Waals surface area contributed by atoms with Gasteiger partial charge in [0, 0.05) is 45.2 Å². The van der Waals surface area contributed by atoms with Gasteiger partial charge in [0.05, 0.1) is 0 Å². The van der Waals surface area contributed by atoms with Gasteiger partial charge in [-0.1, -0.05) is 19.3 Å². The SMILES string of the molecule is CN=C(NCCN1CCCCC1)NC1CCN(C(=O)C2CCCC2)C1.I. The van der Waals surface area contributed by atoms with Crippen LogP contribution in [0.4, 0.5) is 0 Å². The van der Waals surface area contributed by atoms with Crippen LogP contribution >= 0.6 is 24.0 Å². The normalized spacial score (nSPS) is 25.2. The molecule has 2 N–H and O–H groups in total. The third-order valence-electron chi connectivity index (χ3n) is 5.94. The van der Waals surface area contributed by atoms with Gasteiger partial charge in [0.2, 0.25) is 5.91 Å². The first-order valence-electron chi connectivity index (χ1n) is 10.2. The number of rotatable bonds is 5. The molecule has 0 radical (unpaired) electrons. The summed E-state index contributed by atoms with van der Waals surface area (Å²) in [4.78, 5) is 21.5. The quantitative estimate of drug-likeness (QED) is 0.362. The molecule has 2 heterocycles. The van der Waals surface area contributed by atoms with E-state index in [1.165, 1.54) is 45.2 Å². The summed E-state index contributed by atoms with van der Waals surface area (Å²) >= 11 is 0. The van der Waals surface area contributed by atoms with Crippen LogP contribution in [0, 0.1) is 5.92 Å². The maximum atomic E-state index is 12.5. The largest absolute Gasteiger partial charge is 0.355 e. The van der Waals surface area contributed by atoms with Gasteiger partial charge in [0.25, 0.3) is 0 Å². The van der Waals surface area contributed by atoms with E-state index in [2.05, 4.69) is 25.4 Å². The summed E-state index contributed by atoms with van der Waals surface area (Å²) in [5.74, 6) is 1.55. The Hall–Kier alpha value is -0.570. The van der Waals surface area contributed by atoms with Crippen molar-refractivity contribution in [3.63, 3.8) is 0 Å². The Morgan fingerprint density at radius 1 is 1.04 bits per heavy atom. The molecule has 0 bridgehead atoms. The van der Waals surface area contributed by atoms with Gasteiger partial charge in [-0.3, -0.25) is 9.79 Å². The van der Waals surface area contributed by atoms with E-state index in [0.29, 0.717) is 17.9 Å². The number of halogens is 1. The molecule has 1 unspecified atom stereocenters. The highest BCUT2D eigenvalue weighted by Crippen LogP contribution is 2.27. The molecule has 0 spiro atoms. The average molecular weight is 477 g/mol. The zero-order chi connectivity index (χ0) is 17.5. The third-order valence-corrected chi connectivity index (χ3v) is 5.94. The molecule has 6 nitrogen and oxygen atoms in total. The fourth-order valence-corrected chi connectivity index (χ4v) is 4.41. The van der Waals surface area contributed by atoms with Crippen LogP contribution in [0.15, 0.2) is 4.99 Å². The number of amides is 1. The predicted octanol–water partition coefficient (Wildman–Crippen LogP) is 2.05. The summed E-state index contributed by atoms with van der Waals surface area (Å²) in [6.07, 6.45) is 9.69. The molecule has 150 valence electrons. The molecule has 2 aliphatic heterocycles. The highest BCUT2D eigenvalue weighted by Gasteiger charge is 2.32. The minimum Gasteiger partial charge on any atom is -0.355 e. The molecule has 0 aromatic rings. The first-order valence-corrected chi connectivity index (χ1v) is 10.2. The van der Waals surface area contributed by atoms with Crippen LogP contribution in [0.5, 0.6) is 0 Å². The van der Waals surface area contributed by atoms with Gasteiger partial charge < -0.3 is 20.4 Å². The molecule has 0 aromatic heterocycles. The molecule has 7 heteroatoms. The lowest BCUT2D eigenvalue weighted by Gasteiger charge is -2.27. The summed E-state index contributed by atoms with van der Waals surface area (Å²) in [5, 5.41) is 6.94. The van der Waals surface area contributed by atoms with E-state index in [0.717, 1.165) is 51.4 Å². The maximum absolute atomic E-state index is 12.5.